The molecule has 1 aliphatic heterocycles. The van der Waals surface area contributed by atoms with Crippen LogP contribution in [0.15, 0.2) is 29.8 Å². The topological polar surface area (TPSA) is 104 Å². The summed E-state index contributed by atoms with van der Waals surface area (Å²) >= 11 is 5.07. The van der Waals surface area contributed by atoms with Gasteiger partial charge in [0.15, 0.2) is 0 Å². The van der Waals surface area contributed by atoms with E-state index in [1.54, 1.807) is 16.2 Å². The Kier molecular flexibility index (Phi) is 14.4. The van der Waals surface area contributed by atoms with Crippen LogP contribution in [0.2, 0.25) is 0 Å². The van der Waals surface area contributed by atoms with E-state index < -0.39 is 18.2 Å². The van der Waals surface area contributed by atoms with Gasteiger partial charge in [0.25, 0.3) is 0 Å². The maximum atomic E-state index is 13.8. The summed E-state index contributed by atoms with van der Waals surface area (Å²) in [6.45, 7) is 10.8. The molecule has 1 aromatic carbocycles. The van der Waals surface area contributed by atoms with Crippen molar-refractivity contribution in [1.29, 1.82) is 0 Å². The van der Waals surface area contributed by atoms with Gasteiger partial charge in [0.1, 0.15) is 6.04 Å². The van der Waals surface area contributed by atoms with Crippen LogP contribution in [0.25, 0.3) is 10.4 Å². The molecule has 0 aliphatic carbocycles. The van der Waals surface area contributed by atoms with Crippen molar-refractivity contribution in [1.82, 2.24) is 20.5 Å². The number of amides is 2. The van der Waals surface area contributed by atoms with E-state index in [2.05, 4.69) is 31.5 Å². The number of aryl methyl sites for hydroxylation is 1. The number of carbonyl (C=O) groups is 2. The van der Waals surface area contributed by atoms with E-state index in [0.29, 0.717) is 13.1 Å². The number of thiazole rings is 1. The van der Waals surface area contributed by atoms with Crippen LogP contribution in [0.3, 0.4) is 0 Å². The van der Waals surface area contributed by atoms with Gasteiger partial charge in [0.05, 0.1) is 28.2 Å². The monoisotopic (exact) mass is 664 g/mol. The van der Waals surface area contributed by atoms with Crippen molar-refractivity contribution >= 4 is 39.1 Å². The van der Waals surface area contributed by atoms with Crippen LogP contribution < -0.4 is 10.6 Å². The second-order valence-electron chi connectivity index (χ2n) is 12.3. The maximum Gasteiger partial charge on any atom is 0.243 e. The number of likely N-dealkylation sites (tertiary alicyclic amines) is 1. The first-order valence-corrected chi connectivity index (χ1v) is 17.2. The molecule has 1 fully saturated rings. The van der Waals surface area contributed by atoms with Crippen LogP contribution in [0.5, 0.6) is 0 Å². The first kappa shape index (κ1) is 34.6. The molecule has 42 heavy (non-hydrogen) atoms. The molecule has 0 bridgehead atoms. The van der Waals surface area contributed by atoms with Crippen molar-refractivity contribution in [2.75, 3.05) is 31.6 Å². The third-order valence-electron chi connectivity index (χ3n) is 7.64. The van der Waals surface area contributed by atoms with Crippen LogP contribution in [0.4, 0.5) is 0 Å². The van der Waals surface area contributed by atoms with E-state index in [-0.39, 0.29) is 30.2 Å². The molecule has 0 saturated carbocycles. The minimum atomic E-state index is -0.719. The molecule has 0 radical (unpaired) electrons. The number of rotatable bonds is 17. The highest BCUT2D eigenvalue weighted by atomic mass is 79.9. The number of hydrogen-bond acceptors (Lipinski definition) is 7. The van der Waals surface area contributed by atoms with Crippen LogP contribution in [0.1, 0.15) is 77.0 Å². The van der Waals surface area contributed by atoms with Crippen LogP contribution in [-0.2, 0) is 20.9 Å². The summed E-state index contributed by atoms with van der Waals surface area (Å²) in [5, 5.41) is 17.9. The Morgan fingerprint density at radius 2 is 1.81 bits per heavy atom. The van der Waals surface area contributed by atoms with E-state index in [0.717, 1.165) is 59.5 Å². The molecule has 1 saturated heterocycles. The fraction of sp³-hybridized carbons (Fsp3) is 0.656. The molecule has 10 heteroatoms. The van der Waals surface area contributed by atoms with Gasteiger partial charge in [-0.3, -0.25) is 9.59 Å². The summed E-state index contributed by atoms with van der Waals surface area (Å²) in [5.74, 6) is -0.373. The number of aromatic nitrogens is 1. The summed E-state index contributed by atoms with van der Waals surface area (Å²) in [4.78, 5) is 34.0. The van der Waals surface area contributed by atoms with Crippen molar-refractivity contribution in [2.45, 2.75) is 97.4 Å². The molecule has 234 valence electrons. The Balaban J connectivity index is 1.48. The Morgan fingerprint density at radius 1 is 1.12 bits per heavy atom. The Hall–Kier alpha value is -1.85. The highest BCUT2D eigenvalue weighted by Gasteiger charge is 2.43. The van der Waals surface area contributed by atoms with Crippen LogP contribution >= 0.6 is 27.3 Å². The number of alkyl halides is 1. The smallest absolute Gasteiger partial charge is 0.243 e. The quantitative estimate of drug-likeness (QED) is 0.153. The van der Waals surface area contributed by atoms with Crippen molar-refractivity contribution in [2.24, 2.45) is 5.41 Å². The molecule has 1 aromatic heterocycles. The summed E-state index contributed by atoms with van der Waals surface area (Å²) in [6.07, 6.45) is 6.10. The lowest BCUT2D eigenvalue weighted by Crippen LogP contribution is -2.56. The van der Waals surface area contributed by atoms with E-state index in [1.807, 2.05) is 57.5 Å². The number of hydrogen-bond donors (Lipinski definition) is 3. The van der Waals surface area contributed by atoms with Crippen molar-refractivity contribution in [3.05, 3.63) is 41.0 Å². The zero-order valence-corrected chi connectivity index (χ0v) is 28.1. The lowest BCUT2D eigenvalue weighted by atomic mass is 9.85. The predicted octanol–water partition coefficient (Wildman–Crippen LogP) is 5.45. The number of carbonyl (C=O) groups excluding carboxylic acids is 2. The summed E-state index contributed by atoms with van der Waals surface area (Å²) < 4.78 is 5.76. The molecule has 8 nitrogen and oxygen atoms in total. The Bertz CT molecular complexity index is 1100. The van der Waals surface area contributed by atoms with Gasteiger partial charge in [0.2, 0.25) is 11.8 Å². The summed E-state index contributed by atoms with van der Waals surface area (Å²) in [6, 6.07) is 6.92. The third kappa shape index (κ3) is 10.7. The first-order chi connectivity index (χ1) is 20.1. The largest absolute Gasteiger partial charge is 0.391 e. The second-order valence-corrected chi connectivity index (χ2v) is 13.9. The number of aliphatic hydroxyl groups excluding tert-OH is 1. The molecule has 1 aliphatic rings. The number of nitrogens with one attached hydrogen (secondary N) is 2. The fourth-order valence-corrected chi connectivity index (χ4v) is 6.43. The molecule has 0 spiro atoms. The second kappa shape index (κ2) is 17.4. The molecule has 2 amide bonds. The lowest BCUT2D eigenvalue weighted by molar-refractivity contribution is -0.142. The van der Waals surface area contributed by atoms with Crippen molar-refractivity contribution < 1.29 is 19.4 Å². The number of unbranched alkanes of at least 4 members (excludes halogenated alkanes) is 4. The van der Waals surface area contributed by atoms with E-state index in [9.17, 15) is 14.7 Å². The van der Waals surface area contributed by atoms with E-state index in [4.69, 9.17) is 4.74 Å². The van der Waals surface area contributed by atoms with Gasteiger partial charge >= 0.3 is 0 Å². The standard InChI is InChI=1S/C32H49BrN4O4S/c1-23-28(42-22-36-23)25-13-11-24(12-14-25)20-35-30(39)27-19-26(38)21-37(27)31(40)29(32(2,3)4)34-16-8-10-18-41-17-9-6-5-7-15-33/h11-14,22,26-27,29,34,38H,5-10,15-21H2,1-4H3,(H,35,39)/t26-,27+,29-/m1/s1. The van der Waals surface area contributed by atoms with E-state index in [1.165, 1.54) is 19.3 Å². The molecular weight excluding hydrogens is 616 g/mol. The van der Waals surface area contributed by atoms with Gasteiger partial charge in [-0.15, -0.1) is 11.3 Å². The summed E-state index contributed by atoms with van der Waals surface area (Å²) in [7, 11) is 0. The molecule has 3 atom stereocenters. The number of ether oxygens (including phenoxy) is 1. The molecule has 0 unspecified atom stereocenters. The van der Waals surface area contributed by atoms with E-state index >= 15 is 0 Å². The molecule has 3 rings (SSSR count). The zero-order valence-electron chi connectivity index (χ0n) is 25.7. The average molecular weight is 666 g/mol. The average Bonchev–Trinajstić information content (AvgIpc) is 3.57. The van der Waals surface area contributed by atoms with Gasteiger partial charge in [0, 0.05) is 38.1 Å². The van der Waals surface area contributed by atoms with Gasteiger partial charge in [-0.05, 0) is 55.7 Å². The number of benzene rings is 1. The SMILES string of the molecule is Cc1ncsc1-c1ccc(CNC(=O)[C@@H]2C[C@@H](O)CN2C(=O)[C@@H](NCCCCOCCCCCCBr)C(C)(C)C)cc1. The fourth-order valence-electron chi connectivity index (χ4n) is 5.23. The van der Waals surface area contributed by atoms with Gasteiger partial charge in [-0.25, -0.2) is 4.98 Å². The minimum Gasteiger partial charge on any atom is -0.391 e. The van der Waals surface area contributed by atoms with Crippen LogP contribution in [0, 0.1) is 12.3 Å². The highest BCUT2D eigenvalue weighted by Crippen LogP contribution is 2.28. The third-order valence-corrected chi connectivity index (χ3v) is 9.18. The molecular formula is C32H49BrN4O4S. The minimum absolute atomic E-state index is 0.136. The Labute approximate surface area is 264 Å². The van der Waals surface area contributed by atoms with Gasteiger partial charge in [-0.2, -0.15) is 0 Å². The number of β-amino-alcohol motifs (C(OH)–C–C–N with tert-alkyl or cyclic N) is 1. The normalized spacial score (nSPS) is 17.9. The van der Waals surface area contributed by atoms with Gasteiger partial charge < -0.3 is 25.4 Å². The number of aliphatic hydroxyl groups is 1. The lowest BCUT2D eigenvalue weighted by Gasteiger charge is -2.35. The Morgan fingerprint density at radius 3 is 2.45 bits per heavy atom. The van der Waals surface area contributed by atoms with Crippen molar-refractivity contribution in [3.63, 3.8) is 0 Å². The maximum absolute atomic E-state index is 13.8. The van der Waals surface area contributed by atoms with Crippen molar-refractivity contribution in [3.8, 4) is 10.4 Å². The van der Waals surface area contributed by atoms with Crippen LogP contribution in [-0.4, -0.2) is 76.6 Å². The summed E-state index contributed by atoms with van der Waals surface area (Å²) in [5.41, 5.74) is 4.57. The molecule has 3 N–H and O–H groups in total. The first-order valence-electron chi connectivity index (χ1n) is 15.2. The zero-order chi connectivity index (χ0) is 30.5. The number of halogens is 1. The predicted molar refractivity (Wildman–Crippen MR) is 174 cm³/mol. The number of nitrogens with zero attached hydrogens (tertiary/aromatic N) is 2. The van der Waals surface area contributed by atoms with Gasteiger partial charge in [-0.1, -0.05) is 73.8 Å². The molecule has 2 aromatic rings. The highest BCUT2D eigenvalue weighted by molar-refractivity contribution is 9.09. The molecule has 2 heterocycles.